The first kappa shape index (κ1) is 24.2. The third-order valence-corrected chi connectivity index (χ3v) is 6.16. The van der Waals surface area contributed by atoms with E-state index in [1.807, 2.05) is 48.5 Å². The molecule has 0 radical (unpaired) electrons. The number of benzene rings is 2. The number of aliphatic hydroxyl groups excluding tert-OH is 1. The van der Waals surface area contributed by atoms with Crippen molar-refractivity contribution in [3.05, 3.63) is 59.7 Å². The highest BCUT2D eigenvalue weighted by Crippen LogP contribution is 2.24. The van der Waals surface area contributed by atoms with Crippen LogP contribution in [0.15, 0.2) is 48.5 Å². The van der Waals surface area contributed by atoms with Gasteiger partial charge in [0, 0.05) is 45.6 Å². The summed E-state index contributed by atoms with van der Waals surface area (Å²) in [5.74, 6) is 1.28. The Morgan fingerprint density at radius 2 is 1.79 bits per heavy atom. The van der Waals surface area contributed by atoms with Gasteiger partial charge in [0.1, 0.15) is 11.5 Å². The topological polar surface area (TPSA) is 100 Å². The molecule has 0 unspecified atom stereocenters. The summed E-state index contributed by atoms with van der Waals surface area (Å²) in [6, 6.07) is 15.4. The third kappa shape index (κ3) is 7.03. The van der Waals surface area contributed by atoms with E-state index >= 15 is 0 Å². The van der Waals surface area contributed by atoms with E-state index in [0.29, 0.717) is 45.5 Å². The molecule has 34 heavy (non-hydrogen) atoms. The lowest BCUT2D eigenvalue weighted by molar-refractivity contribution is -0.123. The van der Waals surface area contributed by atoms with Crippen molar-refractivity contribution >= 4 is 11.8 Å². The minimum atomic E-state index is -0.167. The van der Waals surface area contributed by atoms with Crippen LogP contribution in [0.1, 0.15) is 30.4 Å². The molecule has 182 valence electrons. The van der Waals surface area contributed by atoms with Gasteiger partial charge in [-0.3, -0.25) is 14.5 Å². The maximum atomic E-state index is 12.6. The van der Waals surface area contributed by atoms with Crippen LogP contribution in [0.3, 0.4) is 0 Å². The minimum Gasteiger partial charge on any atom is -0.457 e. The molecule has 3 aliphatic rings. The zero-order valence-electron chi connectivity index (χ0n) is 19.4. The quantitative estimate of drug-likeness (QED) is 0.639. The fraction of sp³-hybridized carbons (Fsp3) is 0.462. The number of likely N-dealkylation sites (tertiary alicyclic amines) is 1. The van der Waals surface area contributed by atoms with Crippen LogP contribution >= 0.6 is 0 Å². The second kappa shape index (κ2) is 12.0. The standard InChI is InChI=1S/C26H33N3O5/c30-14-2-13-29-16-23-24(17-29)33-18-20-3-1-4-22(15-20)34-21-8-5-19(6-9-21)7-10-25(31)27-12-11-26(32)28-23/h1,3-6,8-9,15,23-24,30H,2,7,10-14,16-18H2,(H,27,31)(H,28,32)/t23-,24-/m0/s1. The summed E-state index contributed by atoms with van der Waals surface area (Å²) in [5, 5.41) is 15.1. The minimum absolute atomic E-state index is 0.0726. The van der Waals surface area contributed by atoms with Crippen LogP contribution in [0.2, 0.25) is 0 Å². The number of nitrogens with one attached hydrogen (secondary N) is 2. The van der Waals surface area contributed by atoms with Gasteiger partial charge in [0.05, 0.1) is 18.8 Å². The molecule has 8 nitrogen and oxygen atoms in total. The van der Waals surface area contributed by atoms with Gasteiger partial charge in [0.15, 0.2) is 0 Å². The second-order valence-corrected chi connectivity index (χ2v) is 8.85. The van der Waals surface area contributed by atoms with E-state index in [0.717, 1.165) is 29.2 Å². The Labute approximate surface area is 200 Å². The van der Waals surface area contributed by atoms with E-state index in [2.05, 4.69) is 15.5 Å². The van der Waals surface area contributed by atoms with Crippen LogP contribution in [0, 0.1) is 0 Å². The number of ether oxygens (including phenoxy) is 2. The number of rotatable bonds is 3. The predicted octanol–water partition coefficient (Wildman–Crippen LogP) is 2.00. The average molecular weight is 468 g/mol. The van der Waals surface area contributed by atoms with E-state index in [4.69, 9.17) is 9.47 Å². The Balaban J connectivity index is 1.49. The lowest BCUT2D eigenvalue weighted by Crippen LogP contribution is -2.44. The number of carbonyl (C=O) groups is 2. The van der Waals surface area contributed by atoms with Gasteiger partial charge in [0.2, 0.25) is 11.8 Å². The van der Waals surface area contributed by atoms with Crippen LogP contribution in [0.5, 0.6) is 11.5 Å². The lowest BCUT2D eigenvalue weighted by Gasteiger charge is -2.21. The van der Waals surface area contributed by atoms with Crippen LogP contribution in [0.25, 0.3) is 0 Å². The van der Waals surface area contributed by atoms with E-state index in [1.54, 1.807) is 0 Å². The van der Waals surface area contributed by atoms with E-state index in [9.17, 15) is 14.7 Å². The molecule has 1 saturated heterocycles. The summed E-state index contributed by atoms with van der Waals surface area (Å²) in [5.41, 5.74) is 2.04. The van der Waals surface area contributed by atoms with Gasteiger partial charge < -0.3 is 25.2 Å². The zero-order chi connectivity index (χ0) is 23.8. The molecule has 5 rings (SSSR count). The van der Waals surface area contributed by atoms with Gasteiger partial charge >= 0.3 is 0 Å². The van der Waals surface area contributed by atoms with Crippen LogP contribution in [-0.4, -0.2) is 66.8 Å². The van der Waals surface area contributed by atoms with Gasteiger partial charge in [-0.1, -0.05) is 24.3 Å². The molecule has 3 N–H and O–H groups in total. The highest BCUT2D eigenvalue weighted by atomic mass is 16.5. The number of hydrogen-bond acceptors (Lipinski definition) is 6. The van der Waals surface area contributed by atoms with Crippen molar-refractivity contribution < 1.29 is 24.2 Å². The number of fused-ring (bicyclic) bond motifs is 10. The Morgan fingerprint density at radius 3 is 2.62 bits per heavy atom. The zero-order valence-corrected chi connectivity index (χ0v) is 19.4. The van der Waals surface area contributed by atoms with E-state index < -0.39 is 0 Å². The molecule has 2 aromatic rings. The van der Waals surface area contributed by atoms with Crippen molar-refractivity contribution in [1.29, 1.82) is 0 Å². The largest absolute Gasteiger partial charge is 0.457 e. The normalized spacial score (nSPS) is 22.4. The maximum absolute atomic E-state index is 12.6. The summed E-state index contributed by atoms with van der Waals surface area (Å²) in [7, 11) is 0. The molecule has 3 aliphatic heterocycles. The Bertz CT molecular complexity index is 965. The van der Waals surface area contributed by atoms with E-state index in [1.165, 1.54) is 0 Å². The number of aliphatic hydroxyl groups is 1. The smallest absolute Gasteiger partial charge is 0.222 e. The van der Waals surface area contributed by atoms with Crippen molar-refractivity contribution in [2.24, 2.45) is 0 Å². The molecule has 0 aromatic heterocycles. The molecular formula is C26H33N3O5. The summed E-state index contributed by atoms with van der Waals surface area (Å²) in [6.45, 7) is 2.94. The summed E-state index contributed by atoms with van der Waals surface area (Å²) in [6.07, 6.45) is 1.72. The molecule has 0 aliphatic carbocycles. The number of aryl methyl sites for hydroxylation is 1. The van der Waals surface area contributed by atoms with E-state index in [-0.39, 0.29) is 37.0 Å². The van der Waals surface area contributed by atoms with Crippen molar-refractivity contribution in [3.8, 4) is 11.5 Å². The first-order valence-electron chi connectivity index (χ1n) is 12.0. The number of nitrogens with zero attached hydrogens (tertiary/aromatic N) is 1. The van der Waals surface area contributed by atoms with Gasteiger partial charge in [-0.25, -0.2) is 0 Å². The molecule has 2 aromatic carbocycles. The molecule has 2 amide bonds. The number of amides is 2. The highest BCUT2D eigenvalue weighted by molar-refractivity contribution is 5.79. The Kier molecular flexibility index (Phi) is 8.51. The Hall–Kier alpha value is -2.94. The molecule has 0 saturated carbocycles. The molecule has 4 bridgehead atoms. The molecular weight excluding hydrogens is 434 g/mol. The number of hydrogen-bond donors (Lipinski definition) is 3. The fourth-order valence-electron chi connectivity index (χ4n) is 4.34. The van der Waals surface area contributed by atoms with Gasteiger partial charge in [-0.05, 0) is 48.2 Å². The summed E-state index contributed by atoms with van der Waals surface area (Å²) < 4.78 is 12.3. The predicted molar refractivity (Wildman–Crippen MR) is 128 cm³/mol. The Morgan fingerprint density at radius 1 is 0.941 bits per heavy atom. The van der Waals surface area contributed by atoms with Crippen molar-refractivity contribution in [2.45, 2.75) is 44.4 Å². The molecule has 8 heteroatoms. The summed E-state index contributed by atoms with van der Waals surface area (Å²) >= 11 is 0. The van der Waals surface area contributed by atoms with Gasteiger partial charge in [-0.15, -0.1) is 0 Å². The maximum Gasteiger partial charge on any atom is 0.222 e. The number of carbonyl (C=O) groups excluding carboxylic acids is 2. The lowest BCUT2D eigenvalue weighted by atomic mass is 10.1. The molecule has 3 heterocycles. The first-order valence-corrected chi connectivity index (χ1v) is 12.0. The van der Waals surface area contributed by atoms with Crippen LogP contribution < -0.4 is 15.4 Å². The molecule has 1 fully saturated rings. The molecule has 0 spiro atoms. The van der Waals surface area contributed by atoms with Crippen molar-refractivity contribution in [1.82, 2.24) is 15.5 Å². The van der Waals surface area contributed by atoms with Gasteiger partial charge in [0.25, 0.3) is 0 Å². The fourth-order valence-corrected chi connectivity index (χ4v) is 4.34. The first-order chi connectivity index (χ1) is 16.6. The van der Waals surface area contributed by atoms with Crippen LogP contribution in [0.4, 0.5) is 0 Å². The van der Waals surface area contributed by atoms with Gasteiger partial charge in [-0.2, -0.15) is 0 Å². The van der Waals surface area contributed by atoms with Crippen molar-refractivity contribution in [3.63, 3.8) is 0 Å². The highest BCUT2D eigenvalue weighted by Gasteiger charge is 2.34. The van der Waals surface area contributed by atoms with Crippen LogP contribution in [-0.2, 0) is 27.4 Å². The average Bonchev–Trinajstić information content (AvgIpc) is 3.22. The SMILES string of the molecule is O=C1CCc2ccc(cc2)Oc2cccc(c2)CO[C@H]2CN(CCCO)C[C@@H]2NC(=O)CCN1. The second-order valence-electron chi connectivity index (χ2n) is 8.85. The monoisotopic (exact) mass is 467 g/mol. The summed E-state index contributed by atoms with van der Waals surface area (Å²) in [4.78, 5) is 26.9. The van der Waals surface area contributed by atoms with Crippen molar-refractivity contribution in [2.75, 3.05) is 32.8 Å². The third-order valence-electron chi connectivity index (χ3n) is 6.16. The molecule has 2 atom stereocenters.